The molecule has 0 saturated carbocycles. The molecule has 0 aliphatic heterocycles. The van der Waals surface area contributed by atoms with Crippen molar-refractivity contribution in [3.05, 3.63) is 41.7 Å². The van der Waals surface area contributed by atoms with Crippen molar-refractivity contribution in [2.45, 2.75) is 19.8 Å². The number of fused-ring (bicyclic) bond motifs is 1. The van der Waals surface area contributed by atoms with Gasteiger partial charge in [-0.05, 0) is 30.2 Å². The van der Waals surface area contributed by atoms with Gasteiger partial charge >= 0.3 is 0 Å². The van der Waals surface area contributed by atoms with Gasteiger partial charge in [-0.3, -0.25) is 9.78 Å². The number of unbranched alkanes of at least 4 members (excludes halogenated alkanes) is 1. The fourth-order valence-corrected chi connectivity index (χ4v) is 1.67. The molecular weight excluding hydrogens is 186 g/mol. The molecule has 0 N–H and O–H groups in total. The normalized spacial score (nSPS) is 16.9. The number of rotatable bonds is 2. The Hall–Kier alpha value is -1.70. The first kappa shape index (κ1) is 9.84. The molecule has 1 aliphatic rings. The average Bonchev–Trinajstić information content (AvgIpc) is 2.28. The molecule has 0 atom stereocenters. The molecule has 2 rings (SSSR count). The molecule has 0 unspecified atom stereocenters. The lowest BCUT2D eigenvalue weighted by Crippen LogP contribution is -2.04. The Morgan fingerprint density at radius 2 is 2.27 bits per heavy atom. The first-order valence-corrected chi connectivity index (χ1v) is 5.20. The van der Waals surface area contributed by atoms with Crippen LogP contribution in [0.1, 0.15) is 30.9 Å². The third-order valence-corrected chi connectivity index (χ3v) is 2.46. The summed E-state index contributed by atoms with van der Waals surface area (Å²) in [6.45, 7) is 2.10. The van der Waals surface area contributed by atoms with Gasteiger partial charge in [0.05, 0.1) is 0 Å². The van der Waals surface area contributed by atoms with Crippen LogP contribution >= 0.6 is 0 Å². The molecule has 0 aromatic carbocycles. The topological polar surface area (TPSA) is 30.0 Å². The molecule has 76 valence electrons. The fraction of sp³-hybridized carbons (Fsp3) is 0.231. The highest BCUT2D eigenvalue weighted by molar-refractivity contribution is 6.29. The summed E-state index contributed by atoms with van der Waals surface area (Å²) >= 11 is 0. The molecule has 15 heavy (non-hydrogen) atoms. The van der Waals surface area contributed by atoms with Crippen molar-refractivity contribution in [3.8, 4) is 0 Å². The van der Waals surface area contributed by atoms with E-state index in [9.17, 15) is 4.79 Å². The molecular formula is C13H13NO. The van der Waals surface area contributed by atoms with E-state index in [0.29, 0.717) is 0 Å². The van der Waals surface area contributed by atoms with Gasteiger partial charge in [0.2, 0.25) is 0 Å². The van der Waals surface area contributed by atoms with Gasteiger partial charge in [0.15, 0.2) is 5.78 Å². The average molecular weight is 199 g/mol. The van der Waals surface area contributed by atoms with Crippen LogP contribution in [0.15, 0.2) is 30.6 Å². The maximum absolute atomic E-state index is 11.7. The zero-order valence-electron chi connectivity index (χ0n) is 8.73. The molecule has 2 nitrogen and oxygen atoms in total. The first-order chi connectivity index (χ1) is 7.33. The van der Waals surface area contributed by atoms with E-state index in [2.05, 4.69) is 11.9 Å². The smallest absolute Gasteiger partial charge is 0.186 e. The Kier molecular flexibility index (Phi) is 2.77. The lowest BCUT2D eigenvalue weighted by atomic mass is 9.92. The predicted octanol–water partition coefficient (Wildman–Crippen LogP) is 2.86. The minimum atomic E-state index is 0.0992. The lowest BCUT2D eigenvalue weighted by molar-refractivity contribution is -0.109. The number of carbonyl (C=O) groups excluding carboxylic acids is 1. The lowest BCUT2D eigenvalue weighted by Gasteiger charge is -2.12. The predicted molar refractivity (Wildman–Crippen MR) is 61.2 cm³/mol. The van der Waals surface area contributed by atoms with Crippen LogP contribution in [-0.4, -0.2) is 10.8 Å². The molecule has 2 heteroatoms. The van der Waals surface area contributed by atoms with Crippen molar-refractivity contribution in [3.63, 3.8) is 0 Å². The van der Waals surface area contributed by atoms with Crippen LogP contribution in [0.25, 0.3) is 11.6 Å². The minimum absolute atomic E-state index is 0.0992. The third-order valence-electron chi connectivity index (χ3n) is 2.46. The SMILES string of the molecule is CCC/C=C1/C(=O)C=Cc2cnccc21. The van der Waals surface area contributed by atoms with E-state index >= 15 is 0 Å². The van der Waals surface area contributed by atoms with Gasteiger partial charge in [-0.1, -0.05) is 19.4 Å². The van der Waals surface area contributed by atoms with Crippen molar-refractivity contribution >= 4 is 17.4 Å². The van der Waals surface area contributed by atoms with Crippen molar-refractivity contribution in [1.29, 1.82) is 0 Å². The van der Waals surface area contributed by atoms with Crippen LogP contribution in [0.4, 0.5) is 0 Å². The van der Waals surface area contributed by atoms with E-state index in [1.165, 1.54) is 0 Å². The van der Waals surface area contributed by atoms with Crippen molar-refractivity contribution < 1.29 is 4.79 Å². The molecule has 0 bridgehead atoms. The van der Waals surface area contributed by atoms with Gasteiger partial charge in [0.1, 0.15) is 0 Å². The van der Waals surface area contributed by atoms with Crippen LogP contribution in [0.5, 0.6) is 0 Å². The van der Waals surface area contributed by atoms with Crippen LogP contribution in [0, 0.1) is 0 Å². The second-order valence-corrected chi connectivity index (χ2v) is 3.57. The first-order valence-electron chi connectivity index (χ1n) is 5.20. The van der Waals surface area contributed by atoms with E-state index in [4.69, 9.17) is 0 Å². The Labute approximate surface area is 89.3 Å². The van der Waals surface area contributed by atoms with Crippen molar-refractivity contribution in [2.75, 3.05) is 0 Å². The van der Waals surface area contributed by atoms with Crippen LogP contribution in [0.2, 0.25) is 0 Å². The fourth-order valence-electron chi connectivity index (χ4n) is 1.67. The minimum Gasteiger partial charge on any atom is -0.289 e. The largest absolute Gasteiger partial charge is 0.289 e. The molecule has 0 saturated heterocycles. The molecule has 1 aromatic rings. The van der Waals surface area contributed by atoms with Gasteiger partial charge in [-0.2, -0.15) is 0 Å². The van der Waals surface area contributed by atoms with Gasteiger partial charge < -0.3 is 0 Å². The monoisotopic (exact) mass is 199 g/mol. The Morgan fingerprint density at radius 1 is 1.40 bits per heavy atom. The van der Waals surface area contributed by atoms with Crippen molar-refractivity contribution in [2.24, 2.45) is 0 Å². The standard InChI is InChI=1S/C13H13NO/c1-2-3-4-12-11-7-8-14-9-10(11)5-6-13(12)15/h4-9H,2-3H2,1H3/b12-4+. The molecule has 1 aliphatic carbocycles. The summed E-state index contributed by atoms with van der Waals surface area (Å²) in [6.07, 6.45) is 11.0. The highest BCUT2D eigenvalue weighted by Crippen LogP contribution is 2.26. The highest BCUT2D eigenvalue weighted by Gasteiger charge is 2.15. The van der Waals surface area contributed by atoms with Gasteiger partial charge in [0, 0.05) is 23.5 Å². The number of allylic oxidation sites excluding steroid dienone is 3. The van der Waals surface area contributed by atoms with E-state index in [1.54, 1.807) is 18.5 Å². The zero-order chi connectivity index (χ0) is 10.7. The maximum Gasteiger partial charge on any atom is 0.186 e. The summed E-state index contributed by atoms with van der Waals surface area (Å²) in [5.41, 5.74) is 2.85. The second-order valence-electron chi connectivity index (χ2n) is 3.57. The quantitative estimate of drug-likeness (QED) is 0.685. The summed E-state index contributed by atoms with van der Waals surface area (Å²) in [4.78, 5) is 15.7. The van der Waals surface area contributed by atoms with E-state index in [1.807, 2.05) is 18.2 Å². The molecule has 1 heterocycles. The van der Waals surface area contributed by atoms with E-state index in [0.717, 1.165) is 29.5 Å². The summed E-state index contributed by atoms with van der Waals surface area (Å²) in [6, 6.07) is 1.90. The maximum atomic E-state index is 11.7. The van der Waals surface area contributed by atoms with Crippen LogP contribution < -0.4 is 0 Å². The molecule has 0 spiro atoms. The number of hydrogen-bond donors (Lipinski definition) is 0. The number of aromatic nitrogens is 1. The van der Waals surface area contributed by atoms with Crippen molar-refractivity contribution in [1.82, 2.24) is 4.98 Å². The summed E-state index contributed by atoms with van der Waals surface area (Å²) in [5.74, 6) is 0.0992. The Balaban J connectivity index is 2.47. The van der Waals surface area contributed by atoms with Crippen LogP contribution in [0.3, 0.4) is 0 Å². The number of carbonyl (C=O) groups is 1. The summed E-state index contributed by atoms with van der Waals surface area (Å²) < 4.78 is 0. The number of hydrogen-bond acceptors (Lipinski definition) is 2. The molecule has 0 fully saturated rings. The van der Waals surface area contributed by atoms with E-state index in [-0.39, 0.29) is 5.78 Å². The number of ketones is 1. The number of nitrogens with zero attached hydrogens (tertiary/aromatic N) is 1. The summed E-state index contributed by atoms with van der Waals surface area (Å²) in [5, 5.41) is 0. The highest BCUT2D eigenvalue weighted by atomic mass is 16.1. The Morgan fingerprint density at radius 3 is 3.07 bits per heavy atom. The van der Waals surface area contributed by atoms with Gasteiger partial charge in [-0.25, -0.2) is 0 Å². The number of pyridine rings is 1. The summed E-state index contributed by atoms with van der Waals surface area (Å²) in [7, 11) is 0. The van der Waals surface area contributed by atoms with Gasteiger partial charge in [-0.15, -0.1) is 0 Å². The second kappa shape index (κ2) is 4.22. The van der Waals surface area contributed by atoms with Gasteiger partial charge in [0.25, 0.3) is 0 Å². The zero-order valence-corrected chi connectivity index (χ0v) is 8.73. The molecule has 1 aromatic heterocycles. The molecule has 0 amide bonds. The third kappa shape index (κ3) is 1.89. The van der Waals surface area contributed by atoms with Crippen LogP contribution in [-0.2, 0) is 4.79 Å². The van der Waals surface area contributed by atoms with E-state index < -0.39 is 0 Å². The molecule has 0 radical (unpaired) electrons. The Bertz CT molecular complexity index is 444.